The molecule has 0 aliphatic carbocycles. The largest absolute Gasteiger partial charge is 0.369 e. The van der Waals surface area contributed by atoms with Gasteiger partial charge in [-0.05, 0) is 37.5 Å². The normalized spacial score (nSPS) is 17.2. The number of nitrogens with zero attached hydrogens (tertiary/aromatic N) is 2. The maximum atomic E-state index is 12.7. The summed E-state index contributed by atoms with van der Waals surface area (Å²) in [6.07, 6.45) is 1.02. The predicted octanol–water partition coefficient (Wildman–Crippen LogP) is 3.82. The SMILES string of the molecule is CC[C@@H](CNC(=O)[C@@H](C)N1CCN(c2ccccc2C)CC1)c1ccccc1. The van der Waals surface area contributed by atoms with Crippen molar-refractivity contribution in [2.45, 2.75) is 39.2 Å². The zero-order valence-electron chi connectivity index (χ0n) is 17.4. The Labute approximate surface area is 169 Å². The van der Waals surface area contributed by atoms with Crippen molar-refractivity contribution in [1.82, 2.24) is 10.2 Å². The number of piperazine rings is 1. The molecule has 2 atom stereocenters. The standard InChI is InChI=1S/C24H33N3O/c1-4-21(22-11-6-5-7-12-22)18-25-24(28)20(3)26-14-16-27(17-15-26)23-13-9-8-10-19(23)2/h5-13,20-21H,4,14-18H2,1-3H3,(H,25,28)/t20-,21+/m1/s1. The zero-order valence-corrected chi connectivity index (χ0v) is 17.4. The number of amides is 1. The van der Waals surface area contributed by atoms with Crippen molar-refractivity contribution < 1.29 is 4.79 Å². The van der Waals surface area contributed by atoms with Crippen LogP contribution in [0.2, 0.25) is 0 Å². The Morgan fingerprint density at radius 1 is 1.00 bits per heavy atom. The topological polar surface area (TPSA) is 35.6 Å². The van der Waals surface area contributed by atoms with E-state index in [1.165, 1.54) is 16.8 Å². The highest BCUT2D eigenvalue weighted by Crippen LogP contribution is 2.22. The van der Waals surface area contributed by atoms with Gasteiger partial charge in [0.2, 0.25) is 5.91 Å². The lowest BCUT2D eigenvalue weighted by molar-refractivity contribution is -0.126. The maximum absolute atomic E-state index is 12.7. The molecule has 0 unspecified atom stereocenters. The third-order valence-electron chi connectivity index (χ3n) is 5.98. The van der Waals surface area contributed by atoms with Gasteiger partial charge in [0.1, 0.15) is 0 Å². The molecule has 28 heavy (non-hydrogen) atoms. The van der Waals surface area contributed by atoms with Crippen LogP contribution in [0.1, 0.15) is 37.3 Å². The Bertz CT molecular complexity index is 753. The molecule has 2 aromatic rings. The van der Waals surface area contributed by atoms with Gasteiger partial charge in [0.15, 0.2) is 0 Å². The van der Waals surface area contributed by atoms with Crippen molar-refractivity contribution >= 4 is 11.6 Å². The van der Waals surface area contributed by atoms with E-state index < -0.39 is 0 Å². The molecule has 2 aromatic carbocycles. The van der Waals surface area contributed by atoms with Gasteiger partial charge in [0, 0.05) is 44.3 Å². The number of benzene rings is 2. The first-order valence-electron chi connectivity index (χ1n) is 10.5. The Morgan fingerprint density at radius 3 is 2.29 bits per heavy atom. The predicted molar refractivity (Wildman–Crippen MR) is 117 cm³/mol. The van der Waals surface area contributed by atoms with E-state index >= 15 is 0 Å². The van der Waals surface area contributed by atoms with Crippen molar-refractivity contribution in [1.29, 1.82) is 0 Å². The molecule has 0 spiro atoms. The molecule has 4 nitrogen and oxygen atoms in total. The van der Waals surface area contributed by atoms with E-state index in [0.29, 0.717) is 12.5 Å². The van der Waals surface area contributed by atoms with Crippen LogP contribution in [0, 0.1) is 6.92 Å². The second-order valence-corrected chi connectivity index (χ2v) is 7.75. The number of para-hydroxylation sites is 1. The van der Waals surface area contributed by atoms with Gasteiger partial charge in [-0.3, -0.25) is 9.69 Å². The third kappa shape index (κ3) is 4.93. The summed E-state index contributed by atoms with van der Waals surface area (Å²) in [5, 5.41) is 3.19. The minimum atomic E-state index is -0.0905. The Kier molecular flexibility index (Phi) is 7.10. The highest BCUT2D eigenvalue weighted by Gasteiger charge is 2.26. The third-order valence-corrected chi connectivity index (χ3v) is 5.98. The van der Waals surface area contributed by atoms with Gasteiger partial charge in [-0.25, -0.2) is 0 Å². The van der Waals surface area contributed by atoms with E-state index in [4.69, 9.17) is 0 Å². The molecule has 0 bridgehead atoms. The van der Waals surface area contributed by atoms with Crippen molar-refractivity contribution in [2.75, 3.05) is 37.6 Å². The van der Waals surface area contributed by atoms with Gasteiger partial charge >= 0.3 is 0 Å². The summed E-state index contributed by atoms with van der Waals surface area (Å²) in [5.41, 5.74) is 3.92. The second-order valence-electron chi connectivity index (χ2n) is 7.75. The molecule has 1 aliphatic heterocycles. The fraction of sp³-hybridized carbons (Fsp3) is 0.458. The fourth-order valence-corrected chi connectivity index (χ4v) is 4.03. The first kappa shape index (κ1) is 20.4. The van der Waals surface area contributed by atoms with Gasteiger partial charge in [0.05, 0.1) is 6.04 Å². The molecule has 1 aliphatic rings. The molecule has 0 radical (unpaired) electrons. The molecule has 0 saturated carbocycles. The molecule has 4 heteroatoms. The van der Waals surface area contributed by atoms with E-state index in [1.54, 1.807) is 0 Å². The first-order chi connectivity index (χ1) is 13.6. The molecule has 0 aromatic heterocycles. The van der Waals surface area contributed by atoms with Crippen LogP contribution >= 0.6 is 0 Å². The second kappa shape index (κ2) is 9.74. The molecule has 3 rings (SSSR count). The van der Waals surface area contributed by atoms with Gasteiger partial charge in [0.25, 0.3) is 0 Å². The summed E-state index contributed by atoms with van der Waals surface area (Å²) in [4.78, 5) is 17.5. The van der Waals surface area contributed by atoms with Gasteiger partial charge in [-0.1, -0.05) is 55.5 Å². The van der Waals surface area contributed by atoms with Crippen LogP contribution in [-0.2, 0) is 4.79 Å². The molecular formula is C24H33N3O. The molecule has 1 fully saturated rings. The van der Waals surface area contributed by atoms with Crippen LogP contribution in [0.15, 0.2) is 54.6 Å². The molecule has 150 valence electrons. The molecular weight excluding hydrogens is 346 g/mol. The van der Waals surface area contributed by atoms with Crippen LogP contribution in [0.4, 0.5) is 5.69 Å². The number of carbonyl (C=O) groups is 1. The number of anilines is 1. The van der Waals surface area contributed by atoms with Crippen LogP contribution in [0.3, 0.4) is 0 Å². The Hall–Kier alpha value is -2.33. The van der Waals surface area contributed by atoms with Gasteiger partial charge in [-0.2, -0.15) is 0 Å². The molecule has 1 heterocycles. The molecule has 1 saturated heterocycles. The summed E-state index contributed by atoms with van der Waals surface area (Å²) in [5.74, 6) is 0.508. The monoisotopic (exact) mass is 379 g/mol. The van der Waals surface area contributed by atoms with Crippen LogP contribution in [0.25, 0.3) is 0 Å². The van der Waals surface area contributed by atoms with Crippen LogP contribution in [0.5, 0.6) is 0 Å². The van der Waals surface area contributed by atoms with Crippen LogP contribution in [-0.4, -0.2) is 49.6 Å². The first-order valence-corrected chi connectivity index (χ1v) is 10.5. The lowest BCUT2D eigenvalue weighted by Gasteiger charge is -2.39. The minimum absolute atomic E-state index is 0.0905. The van der Waals surface area contributed by atoms with Crippen molar-refractivity contribution in [3.05, 3.63) is 65.7 Å². The van der Waals surface area contributed by atoms with Crippen molar-refractivity contribution in [3.63, 3.8) is 0 Å². The number of aryl methyl sites for hydroxylation is 1. The van der Waals surface area contributed by atoms with Gasteiger partial charge in [-0.15, -0.1) is 0 Å². The Morgan fingerprint density at radius 2 is 1.64 bits per heavy atom. The number of hydrogen-bond acceptors (Lipinski definition) is 3. The van der Waals surface area contributed by atoms with Gasteiger partial charge < -0.3 is 10.2 Å². The minimum Gasteiger partial charge on any atom is -0.369 e. The van der Waals surface area contributed by atoms with Crippen molar-refractivity contribution in [2.24, 2.45) is 0 Å². The summed E-state index contributed by atoms with van der Waals surface area (Å²) in [6.45, 7) is 10.8. The van der Waals surface area contributed by atoms with E-state index in [0.717, 1.165) is 32.6 Å². The van der Waals surface area contributed by atoms with E-state index in [9.17, 15) is 4.79 Å². The highest BCUT2D eigenvalue weighted by molar-refractivity contribution is 5.81. The lowest BCUT2D eigenvalue weighted by atomic mass is 9.96. The number of hydrogen-bond donors (Lipinski definition) is 1. The number of nitrogens with one attached hydrogen (secondary N) is 1. The highest BCUT2D eigenvalue weighted by atomic mass is 16.2. The Balaban J connectivity index is 1.50. The average molecular weight is 380 g/mol. The van der Waals surface area contributed by atoms with E-state index in [2.05, 4.69) is 77.5 Å². The van der Waals surface area contributed by atoms with Crippen LogP contribution < -0.4 is 10.2 Å². The summed E-state index contributed by atoms with van der Waals surface area (Å²) in [6, 6.07) is 18.9. The van der Waals surface area contributed by atoms with E-state index in [-0.39, 0.29) is 11.9 Å². The molecule has 1 N–H and O–H groups in total. The quantitative estimate of drug-likeness (QED) is 0.794. The lowest BCUT2D eigenvalue weighted by Crippen LogP contribution is -2.54. The summed E-state index contributed by atoms with van der Waals surface area (Å²) < 4.78 is 0. The summed E-state index contributed by atoms with van der Waals surface area (Å²) in [7, 11) is 0. The molecule has 1 amide bonds. The smallest absolute Gasteiger partial charge is 0.237 e. The number of carbonyl (C=O) groups excluding carboxylic acids is 1. The zero-order chi connectivity index (χ0) is 19.9. The fourth-order valence-electron chi connectivity index (χ4n) is 4.03. The van der Waals surface area contributed by atoms with Crippen molar-refractivity contribution in [3.8, 4) is 0 Å². The average Bonchev–Trinajstić information content (AvgIpc) is 2.75. The maximum Gasteiger partial charge on any atom is 0.237 e. The van der Waals surface area contributed by atoms with E-state index in [1.807, 2.05) is 13.0 Å². The number of rotatable bonds is 7. The summed E-state index contributed by atoms with van der Waals surface area (Å²) >= 11 is 0.